The Labute approximate surface area is 110 Å². The molecule has 98 valence electrons. The third kappa shape index (κ3) is 2.42. The van der Waals surface area contributed by atoms with Crippen molar-refractivity contribution in [3.8, 4) is 17.1 Å². The molecule has 6 nitrogen and oxygen atoms in total. The molecule has 2 heterocycles. The van der Waals surface area contributed by atoms with Crippen molar-refractivity contribution >= 4 is 5.91 Å². The zero-order valence-corrected chi connectivity index (χ0v) is 10.3. The van der Waals surface area contributed by atoms with Gasteiger partial charge in [-0.2, -0.15) is 5.10 Å². The summed E-state index contributed by atoms with van der Waals surface area (Å²) in [5, 5.41) is 6.83. The summed E-state index contributed by atoms with van der Waals surface area (Å²) in [6.07, 6.45) is 2.10. The van der Waals surface area contributed by atoms with Crippen molar-refractivity contribution in [3.05, 3.63) is 29.6 Å². The van der Waals surface area contributed by atoms with Crippen LogP contribution in [-0.4, -0.2) is 27.7 Å². The molecule has 0 saturated heterocycles. The number of primary amides is 1. The van der Waals surface area contributed by atoms with E-state index in [1.807, 2.05) is 18.2 Å². The molecule has 1 amide bonds. The molecule has 0 atom stereocenters. The van der Waals surface area contributed by atoms with Crippen LogP contribution in [0.25, 0.3) is 11.4 Å². The van der Waals surface area contributed by atoms with Crippen molar-refractivity contribution in [3.63, 3.8) is 0 Å². The molecule has 6 heteroatoms. The molecule has 0 saturated carbocycles. The van der Waals surface area contributed by atoms with Gasteiger partial charge >= 0.3 is 0 Å². The minimum absolute atomic E-state index is 0.0705. The first-order valence-corrected chi connectivity index (χ1v) is 6.18. The number of hydrogen-bond acceptors (Lipinski definition) is 4. The summed E-state index contributed by atoms with van der Waals surface area (Å²) in [6, 6.07) is 5.89. The number of aryl methyl sites for hydroxylation is 1. The lowest BCUT2D eigenvalue weighted by Gasteiger charge is -2.17. The number of carbonyl (C=O) groups excluding carboxylic acids is 1. The summed E-state index contributed by atoms with van der Waals surface area (Å²) in [5.74, 6) is 1.56. The molecule has 1 aromatic heterocycles. The summed E-state index contributed by atoms with van der Waals surface area (Å²) in [4.78, 5) is 15.1. The second-order valence-electron chi connectivity index (χ2n) is 4.52. The van der Waals surface area contributed by atoms with Gasteiger partial charge in [0, 0.05) is 5.56 Å². The number of nitrogens with two attached hydrogens (primary N) is 1. The van der Waals surface area contributed by atoms with Crippen LogP contribution < -0.4 is 10.5 Å². The summed E-state index contributed by atoms with van der Waals surface area (Å²) >= 11 is 0. The van der Waals surface area contributed by atoms with Crippen LogP contribution in [0.1, 0.15) is 17.8 Å². The van der Waals surface area contributed by atoms with Crippen LogP contribution in [0.15, 0.2) is 18.2 Å². The number of nitrogens with one attached hydrogen (secondary N) is 1. The number of ether oxygens (including phenoxy) is 1. The molecule has 0 unspecified atom stereocenters. The second kappa shape index (κ2) is 4.72. The Morgan fingerprint density at radius 2 is 2.37 bits per heavy atom. The van der Waals surface area contributed by atoms with Crippen LogP contribution in [0.2, 0.25) is 0 Å². The SMILES string of the molecule is NC(=O)Cc1nc(-c2ccc3c(c2)CCCO3)n[nH]1. The van der Waals surface area contributed by atoms with Gasteiger partial charge in [-0.25, -0.2) is 4.98 Å². The van der Waals surface area contributed by atoms with E-state index in [0.29, 0.717) is 11.6 Å². The van der Waals surface area contributed by atoms with E-state index in [1.165, 1.54) is 5.56 Å². The maximum absolute atomic E-state index is 10.8. The Hall–Kier alpha value is -2.37. The molecule has 0 bridgehead atoms. The Morgan fingerprint density at radius 3 is 3.21 bits per heavy atom. The number of hydrogen-bond donors (Lipinski definition) is 2. The van der Waals surface area contributed by atoms with Crippen molar-refractivity contribution < 1.29 is 9.53 Å². The molecule has 1 aliphatic heterocycles. The van der Waals surface area contributed by atoms with Crippen molar-refractivity contribution in [2.45, 2.75) is 19.3 Å². The van der Waals surface area contributed by atoms with E-state index in [0.717, 1.165) is 30.8 Å². The summed E-state index contributed by atoms with van der Waals surface area (Å²) in [5.41, 5.74) is 7.20. The fourth-order valence-electron chi connectivity index (χ4n) is 2.17. The number of H-pyrrole nitrogens is 1. The van der Waals surface area contributed by atoms with Crippen LogP contribution in [0.3, 0.4) is 0 Å². The molecular weight excluding hydrogens is 244 g/mol. The molecular formula is C13H14N4O2. The highest BCUT2D eigenvalue weighted by Crippen LogP contribution is 2.28. The van der Waals surface area contributed by atoms with E-state index in [9.17, 15) is 4.79 Å². The number of aromatic nitrogens is 3. The van der Waals surface area contributed by atoms with Gasteiger partial charge in [0.1, 0.15) is 11.6 Å². The van der Waals surface area contributed by atoms with Crippen molar-refractivity contribution in [2.24, 2.45) is 5.73 Å². The normalized spacial score (nSPS) is 13.7. The average Bonchev–Trinajstić information content (AvgIpc) is 2.86. The lowest BCUT2D eigenvalue weighted by Crippen LogP contribution is -2.14. The average molecular weight is 258 g/mol. The fraction of sp³-hybridized carbons (Fsp3) is 0.308. The summed E-state index contributed by atoms with van der Waals surface area (Å²) in [7, 11) is 0. The molecule has 19 heavy (non-hydrogen) atoms. The van der Waals surface area contributed by atoms with Gasteiger partial charge in [0.2, 0.25) is 5.91 Å². The van der Waals surface area contributed by atoms with Crippen molar-refractivity contribution in [1.29, 1.82) is 0 Å². The van der Waals surface area contributed by atoms with E-state index in [2.05, 4.69) is 15.2 Å². The minimum Gasteiger partial charge on any atom is -0.493 e. The zero-order chi connectivity index (χ0) is 13.2. The Kier molecular flexibility index (Phi) is 2.91. The van der Waals surface area contributed by atoms with Crippen LogP contribution >= 0.6 is 0 Å². The van der Waals surface area contributed by atoms with Gasteiger partial charge in [-0.05, 0) is 36.6 Å². The lowest BCUT2D eigenvalue weighted by atomic mass is 10.0. The number of amides is 1. The minimum atomic E-state index is -0.429. The maximum atomic E-state index is 10.8. The number of fused-ring (bicyclic) bond motifs is 1. The van der Waals surface area contributed by atoms with Gasteiger partial charge < -0.3 is 10.5 Å². The van der Waals surface area contributed by atoms with E-state index in [-0.39, 0.29) is 6.42 Å². The summed E-state index contributed by atoms with van der Waals surface area (Å²) in [6.45, 7) is 0.774. The molecule has 3 rings (SSSR count). The quantitative estimate of drug-likeness (QED) is 0.852. The van der Waals surface area contributed by atoms with Gasteiger partial charge in [-0.3, -0.25) is 9.89 Å². The second-order valence-corrected chi connectivity index (χ2v) is 4.52. The van der Waals surface area contributed by atoms with Gasteiger partial charge in [-0.1, -0.05) is 0 Å². The Balaban J connectivity index is 1.89. The van der Waals surface area contributed by atoms with Gasteiger partial charge in [0.25, 0.3) is 0 Å². The highest BCUT2D eigenvalue weighted by molar-refractivity contribution is 5.75. The number of rotatable bonds is 3. The first-order chi connectivity index (χ1) is 9.22. The van der Waals surface area contributed by atoms with Gasteiger partial charge in [0.05, 0.1) is 13.0 Å². The first kappa shape index (κ1) is 11.7. The van der Waals surface area contributed by atoms with E-state index >= 15 is 0 Å². The third-order valence-electron chi connectivity index (χ3n) is 3.04. The smallest absolute Gasteiger partial charge is 0.225 e. The number of nitrogens with zero attached hydrogens (tertiary/aromatic N) is 2. The predicted octanol–water partition coefficient (Wildman–Crippen LogP) is 0.825. The molecule has 0 spiro atoms. The number of benzene rings is 1. The van der Waals surface area contributed by atoms with Crippen LogP contribution in [0.5, 0.6) is 5.75 Å². The van der Waals surface area contributed by atoms with Gasteiger partial charge in [0.15, 0.2) is 5.82 Å². The molecule has 0 radical (unpaired) electrons. The number of carbonyl (C=O) groups is 1. The molecule has 0 fully saturated rings. The third-order valence-corrected chi connectivity index (χ3v) is 3.04. The maximum Gasteiger partial charge on any atom is 0.225 e. The Morgan fingerprint density at radius 1 is 1.47 bits per heavy atom. The van der Waals surface area contributed by atoms with Crippen molar-refractivity contribution in [1.82, 2.24) is 15.2 Å². The fourth-order valence-corrected chi connectivity index (χ4v) is 2.17. The topological polar surface area (TPSA) is 93.9 Å². The molecule has 3 N–H and O–H groups in total. The van der Waals surface area contributed by atoms with Crippen molar-refractivity contribution in [2.75, 3.05) is 6.61 Å². The van der Waals surface area contributed by atoms with Crippen LogP contribution in [-0.2, 0) is 17.6 Å². The van der Waals surface area contributed by atoms with Crippen LogP contribution in [0.4, 0.5) is 0 Å². The standard InChI is InChI=1S/C13H14N4O2/c14-11(18)7-12-15-13(17-16-12)9-3-4-10-8(6-9)2-1-5-19-10/h3-4,6H,1-2,5,7H2,(H2,14,18)(H,15,16,17). The first-order valence-electron chi connectivity index (χ1n) is 6.18. The molecule has 0 aliphatic carbocycles. The highest BCUT2D eigenvalue weighted by atomic mass is 16.5. The van der Waals surface area contributed by atoms with E-state index in [1.54, 1.807) is 0 Å². The molecule has 1 aromatic carbocycles. The van der Waals surface area contributed by atoms with Crippen LogP contribution in [0, 0.1) is 0 Å². The highest BCUT2D eigenvalue weighted by Gasteiger charge is 2.13. The lowest BCUT2D eigenvalue weighted by molar-refractivity contribution is -0.117. The molecule has 1 aliphatic rings. The Bertz CT molecular complexity index is 621. The summed E-state index contributed by atoms with van der Waals surface area (Å²) < 4.78 is 5.56. The zero-order valence-electron chi connectivity index (χ0n) is 10.3. The van der Waals surface area contributed by atoms with E-state index in [4.69, 9.17) is 10.5 Å². The van der Waals surface area contributed by atoms with E-state index < -0.39 is 5.91 Å². The van der Waals surface area contributed by atoms with Gasteiger partial charge in [-0.15, -0.1) is 0 Å². The number of aromatic amines is 1. The largest absolute Gasteiger partial charge is 0.493 e. The molecule has 2 aromatic rings. The predicted molar refractivity (Wildman–Crippen MR) is 68.5 cm³/mol. The monoisotopic (exact) mass is 258 g/mol.